The van der Waals surface area contributed by atoms with Gasteiger partial charge in [-0.3, -0.25) is 4.55 Å². The van der Waals surface area contributed by atoms with E-state index in [-0.39, 0.29) is 7.43 Å². The molecule has 0 aromatic rings. The van der Waals surface area contributed by atoms with Gasteiger partial charge in [-0.2, -0.15) is 8.42 Å². The highest BCUT2D eigenvalue weighted by Crippen LogP contribution is 2.08. The van der Waals surface area contributed by atoms with Crippen LogP contribution < -0.4 is 0 Å². The molecule has 0 heterocycles. The highest BCUT2D eigenvalue weighted by molar-refractivity contribution is 7.81. The highest BCUT2D eigenvalue weighted by Gasteiger charge is 2.08. The number of carbonyl (C=O) groups is 1. The molecule has 0 aromatic carbocycles. The molecule has 0 saturated carbocycles. The van der Waals surface area contributed by atoms with Gasteiger partial charge in [0, 0.05) is 6.08 Å². The van der Waals surface area contributed by atoms with Crippen molar-refractivity contribution in [1.29, 1.82) is 0 Å². The van der Waals surface area contributed by atoms with Crippen molar-refractivity contribution in [3.8, 4) is 0 Å². The molecule has 0 rings (SSSR count). The molecule has 0 bridgehead atoms. The van der Waals surface area contributed by atoms with E-state index in [1.54, 1.807) is 12.2 Å². The largest absolute Gasteiger partial charge is 0.449 e. The quantitative estimate of drug-likeness (QED) is 0.141. The maximum Gasteiger partial charge on any atom is 0.449 e. The molecule has 0 aliphatic heterocycles. The minimum Gasteiger partial charge on any atom is -0.321 e. The summed E-state index contributed by atoms with van der Waals surface area (Å²) >= 11 is 0. The second-order valence-corrected chi connectivity index (χ2v) is 7.09. The second-order valence-electron chi connectivity index (χ2n) is 6.07. The molecule has 0 radical (unpaired) electrons. The predicted molar refractivity (Wildman–Crippen MR) is 122 cm³/mol. The SMILES string of the molecule is C.CCCCCCCCC/C=C/C=C/C=C/C=C/C=C/C=C/C(=O)OS(=O)(=O)O. The Morgan fingerprint density at radius 2 is 1.21 bits per heavy atom. The van der Waals surface area contributed by atoms with Gasteiger partial charge < -0.3 is 4.18 Å². The fourth-order valence-corrected chi connectivity index (χ4v) is 2.44. The van der Waals surface area contributed by atoms with Crippen LogP contribution >= 0.6 is 0 Å². The molecular weight excluding hydrogens is 388 g/mol. The van der Waals surface area contributed by atoms with Gasteiger partial charge in [0.2, 0.25) is 0 Å². The van der Waals surface area contributed by atoms with Crippen molar-refractivity contribution in [1.82, 2.24) is 0 Å². The molecule has 5 nitrogen and oxygen atoms in total. The molecular formula is C23H36O5S. The third-order valence-electron chi connectivity index (χ3n) is 3.53. The Labute approximate surface area is 177 Å². The van der Waals surface area contributed by atoms with Crippen LogP contribution in [0, 0.1) is 0 Å². The maximum absolute atomic E-state index is 10.9. The Kier molecular flexibility index (Phi) is 20.6. The Balaban J connectivity index is 0. The monoisotopic (exact) mass is 424 g/mol. The number of rotatable bonds is 15. The van der Waals surface area contributed by atoms with Gasteiger partial charge in [-0.25, -0.2) is 4.79 Å². The summed E-state index contributed by atoms with van der Waals surface area (Å²) in [6.45, 7) is 2.24. The first-order valence-electron chi connectivity index (χ1n) is 9.66. The van der Waals surface area contributed by atoms with E-state index in [1.807, 2.05) is 30.4 Å². The van der Waals surface area contributed by atoms with E-state index in [1.165, 1.54) is 57.1 Å². The van der Waals surface area contributed by atoms with Gasteiger partial charge in [0.15, 0.2) is 0 Å². The van der Waals surface area contributed by atoms with Crippen LogP contribution in [0.3, 0.4) is 0 Å². The highest BCUT2D eigenvalue weighted by atomic mass is 32.3. The summed E-state index contributed by atoms with van der Waals surface area (Å²) < 4.78 is 32.5. The van der Waals surface area contributed by atoms with Crippen molar-refractivity contribution >= 4 is 16.4 Å². The molecule has 0 aliphatic rings. The average Bonchev–Trinajstić information content (AvgIpc) is 2.62. The van der Waals surface area contributed by atoms with Gasteiger partial charge in [-0.1, -0.05) is 120 Å². The molecule has 164 valence electrons. The van der Waals surface area contributed by atoms with E-state index in [9.17, 15) is 13.2 Å². The van der Waals surface area contributed by atoms with Gasteiger partial charge >= 0.3 is 16.4 Å². The third kappa shape index (κ3) is 25.8. The Hall–Kier alpha value is -2.18. The molecule has 0 aliphatic carbocycles. The van der Waals surface area contributed by atoms with Crippen molar-refractivity contribution in [3.63, 3.8) is 0 Å². The fourth-order valence-electron chi connectivity index (χ4n) is 2.17. The van der Waals surface area contributed by atoms with Gasteiger partial charge in [0.25, 0.3) is 0 Å². The minimum absolute atomic E-state index is 0. The molecule has 0 unspecified atom stereocenters. The predicted octanol–water partition coefficient (Wildman–Crippen LogP) is 6.45. The number of allylic oxidation sites excluding steroid dienone is 11. The van der Waals surface area contributed by atoms with E-state index >= 15 is 0 Å². The Morgan fingerprint density at radius 3 is 1.72 bits per heavy atom. The van der Waals surface area contributed by atoms with E-state index in [2.05, 4.69) is 23.3 Å². The van der Waals surface area contributed by atoms with Crippen LogP contribution in [0.2, 0.25) is 0 Å². The number of unbranched alkanes of at least 4 members (excludes halogenated alkanes) is 7. The van der Waals surface area contributed by atoms with E-state index < -0.39 is 16.4 Å². The summed E-state index contributed by atoms with van der Waals surface area (Å²) in [5.74, 6) is -1.17. The Morgan fingerprint density at radius 1 is 0.759 bits per heavy atom. The van der Waals surface area contributed by atoms with Crippen molar-refractivity contribution in [3.05, 3.63) is 72.9 Å². The first-order chi connectivity index (χ1) is 13.5. The number of hydrogen-bond donors (Lipinski definition) is 1. The number of hydrogen-bond acceptors (Lipinski definition) is 4. The lowest BCUT2D eigenvalue weighted by atomic mass is 10.1. The molecule has 0 aromatic heterocycles. The van der Waals surface area contributed by atoms with E-state index in [0.29, 0.717) is 0 Å². The normalized spacial score (nSPS) is 12.9. The zero-order valence-electron chi connectivity index (χ0n) is 16.6. The van der Waals surface area contributed by atoms with Crippen LogP contribution in [0.15, 0.2) is 72.9 Å². The fraction of sp³-hybridized carbons (Fsp3) is 0.435. The van der Waals surface area contributed by atoms with Crippen molar-refractivity contribution in [2.24, 2.45) is 0 Å². The summed E-state index contributed by atoms with van der Waals surface area (Å²) in [6.07, 6.45) is 31.3. The zero-order chi connectivity index (χ0) is 20.9. The van der Waals surface area contributed by atoms with Crippen LogP contribution in [0.25, 0.3) is 0 Å². The average molecular weight is 425 g/mol. The van der Waals surface area contributed by atoms with Crippen LogP contribution in [0.1, 0.15) is 65.7 Å². The molecule has 0 amide bonds. The summed E-state index contributed by atoms with van der Waals surface area (Å²) in [4.78, 5) is 10.9. The van der Waals surface area contributed by atoms with Crippen LogP contribution in [0.5, 0.6) is 0 Å². The lowest BCUT2D eigenvalue weighted by molar-refractivity contribution is -0.128. The second kappa shape index (κ2) is 20.6. The summed E-state index contributed by atoms with van der Waals surface area (Å²) in [7, 11) is -4.76. The van der Waals surface area contributed by atoms with E-state index in [4.69, 9.17) is 4.55 Å². The van der Waals surface area contributed by atoms with Crippen LogP contribution in [-0.2, 0) is 19.4 Å². The summed E-state index contributed by atoms with van der Waals surface area (Å²) in [5, 5.41) is 0. The maximum atomic E-state index is 10.9. The summed E-state index contributed by atoms with van der Waals surface area (Å²) in [5.41, 5.74) is 0. The zero-order valence-corrected chi connectivity index (χ0v) is 17.4. The first kappa shape index (κ1) is 29.0. The molecule has 6 heteroatoms. The molecule has 0 fully saturated rings. The number of carbonyl (C=O) groups excluding carboxylic acids is 1. The standard InChI is InChI=1S/C22H32O5S.CH4/c1-2-3-4-5-6-7-8-9-10-11-12-13-14-15-16-17-18-19-20-21-22(23)27-28(24,25)26;/h10-21H,2-9H2,1H3,(H,24,25,26);1H4/b11-10+,13-12+,15-14+,17-16+,19-18+,21-20+;. The van der Waals surface area contributed by atoms with Crippen molar-refractivity contribution in [2.75, 3.05) is 0 Å². The molecule has 1 N–H and O–H groups in total. The van der Waals surface area contributed by atoms with Crippen LogP contribution in [-0.4, -0.2) is 18.9 Å². The van der Waals surface area contributed by atoms with Gasteiger partial charge in [0.05, 0.1) is 0 Å². The molecule has 0 saturated heterocycles. The summed E-state index contributed by atoms with van der Waals surface area (Å²) in [6, 6.07) is 0. The Bertz CT molecular complexity index is 680. The first-order valence-corrected chi connectivity index (χ1v) is 11.0. The smallest absolute Gasteiger partial charge is 0.321 e. The van der Waals surface area contributed by atoms with Crippen LogP contribution in [0.4, 0.5) is 0 Å². The molecule has 0 atom stereocenters. The molecule has 0 spiro atoms. The third-order valence-corrected chi connectivity index (χ3v) is 3.91. The van der Waals surface area contributed by atoms with Crippen molar-refractivity contribution in [2.45, 2.75) is 65.7 Å². The molecule has 29 heavy (non-hydrogen) atoms. The minimum atomic E-state index is -4.76. The topological polar surface area (TPSA) is 80.7 Å². The van der Waals surface area contributed by atoms with Gasteiger partial charge in [-0.15, -0.1) is 0 Å². The van der Waals surface area contributed by atoms with Gasteiger partial charge in [0.1, 0.15) is 0 Å². The van der Waals surface area contributed by atoms with E-state index in [0.717, 1.165) is 12.5 Å². The lowest BCUT2D eigenvalue weighted by Gasteiger charge is -1.98. The lowest BCUT2D eigenvalue weighted by Crippen LogP contribution is -2.08. The van der Waals surface area contributed by atoms with Crippen molar-refractivity contribution < 1.29 is 21.9 Å². The van der Waals surface area contributed by atoms with Gasteiger partial charge in [-0.05, 0) is 12.8 Å².